The van der Waals surface area contributed by atoms with Gasteiger partial charge in [-0.05, 0) is 30.3 Å². The summed E-state index contributed by atoms with van der Waals surface area (Å²) in [6.45, 7) is 0.185. The zero-order chi connectivity index (χ0) is 17.3. The minimum Gasteiger partial charge on any atom is -0.478 e. The van der Waals surface area contributed by atoms with Crippen molar-refractivity contribution in [3.8, 4) is 0 Å². The minimum atomic E-state index is -1.03. The number of carboxylic acids is 1. The van der Waals surface area contributed by atoms with E-state index >= 15 is 0 Å². The number of nitrogens with zero attached hydrogens (tertiary/aromatic N) is 2. The maximum atomic E-state index is 11.1. The van der Waals surface area contributed by atoms with Gasteiger partial charge in [-0.1, -0.05) is 29.3 Å². The molecule has 0 bridgehead atoms. The minimum absolute atomic E-state index is 0.100. The summed E-state index contributed by atoms with van der Waals surface area (Å²) in [6, 6.07) is 9.73. The predicted molar refractivity (Wildman–Crippen MR) is 93.5 cm³/mol. The average molecular weight is 366 g/mol. The number of aromatic carboxylic acids is 1. The molecule has 0 unspecified atom stereocenters. The third-order valence-electron chi connectivity index (χ3n) is 3.52. The molecule has 0 aliphatic rings. The summed E-state index contributed by atoms with van der Waals surface area (Å²) < 4.78 is 1.74. The van der Waals surface area contributed by atoms with Crippen LogP contribution in [0.25, 0.3) is 11.0 Å². The highest BCUT2D eigenvalue weighted by atomic mass is 35.5. The number of halogens is 2. The van der Waals surface area contributed by atoms with Gasteiger partial charge in [-0.2, -0.15) is 0 Å². The van der Waals surface area contributed by atoms with E-state index in [1.165, 1.54) is 12.1 Å². The van der Waals surface area contributed by atoms with Crippen LogP contribution in [0.15, 0.2) is 36.4 Å². The molecule has 2 aromatic carbocycles. The maximum Gasteiger partial charge on any atom is 0.335 e. The van der Waals surface area contributed by atoms with Gasteiger partial charge in [0.15, 0.2) is 0 Å². The monoisotopic (exact) mass is 365 g/mol. The van der Waals surface area contributed by atoms with E-state index in [1.807, 2.05) is 0 Å². The zero-order valence-electron chi connectivity index (χ0n) is 12.3. The molecular formula is C16H13Cl2N3O3. The van der Waals surface area contributed by atoms with Crippen LogP contribution in [0.3, 0.4) is 0 Å². The van der Waals surface area contributed by atoms with E-state index in [-0.39, 0.29) is 18.7 Å². The van der Waals surface area contributed by atoms with E-state index in [2.05, 4.69) is 10.3 Å². The van der Waals surface area contributed by atoms with Crippen LogP contribution in [0.2, 0.25) is 10.0 Å². The van der Waals surface area contributed by atoms with E-state index < -0.39 is 5.97 Å². The topological polar surface area (TPSA) is 87.4 Å². The lowest BCUT2D eigenvalue weighted by molar-refractivity contribution is 0.0697. The fraction of sp³-hybridized carbons (Fsp3) is 0.125. The predicted octanol–water partition coefficient (Wildman–Crippen LogP) is 3.78. The lowest BCUT2D eigenvalue weighted by atomic mass is 10.2. The van der Waals surface area contributed by atoms with Crippen molar-refractivity contribution < 1.29 is 15.0 Å². The Morgan fingerprint density at radius 1 is 1.21 bits per heavy atom. The standard InChI is InChI=1S/C16H13Cl2N3O3/c17-10-2-1-3-11(18)14(10)20-16-19-12-8-9(15(23)24)4-5-13(12)21(16)6-7-22/h1-5,8,22H,6-7H2,(H,19,20)(H,23,24). The highest BCUT2D eigenvalue weighted by molar-refractivity contribution is 6.39. The molecule has 1 aromatic heterocycles. The Kier molecular flexibility index (Phi) is 4.62. The summed E-state index contributed by atoms with van der Waals surface area (Å²) in [7, 11) is 0. The largest absolute Gasteiger partial charge is 0.478 e. The summed E-state index contributed by atoms with van der Waals surface area (Å²) in [4.78, 5) is 15.5. The first-order chi connectivity index (χ1) is 11.5. The summed E-state index contributed by atoms with van der Waals surface area (Å²) in [6.07, 6.45) is 0. The number of aliphatic hydroxyl groups is 1. The van der Waals surface area contributed by atoms with Crippen molar-refractivity contribution in [3.05, 3.63) is 52.0 Å². The number of para-hydroxylation sites is 1. The SMILES string of the molecule is O=C(O)c1ccc2c(c1)nc(Nc1c(Cl)cccc1Cl)n2CCO. The van der Waals surface area contributed by atoms with Gasteiger partial charge in [0.2, 0.25) is 5.95 Å². The van der Waals surface area contributed by atoms with E-state index in [1.54, 1.807) is 28.8 Å². The number of carbonyl (C=O) groups is 1. The Balaban J connectivity index is 2.12. The number of carboxylic acid groups (broad SMARTS) is 1. The van der Waals surface area contributed by atoms with Crippen LogP contribution in [-0.2, 0) is 6.54 Å². The van der Waals surface area contributed by atoms with Crippen molar-refractivity contribution in [1.29, 1.82) is 0 Å². The number of rotatable bonds is 5. The van der Waals surface area contributed by atoms with Crippen molar-refractivity contribution >= 4 is 51.8 Å². The van der Waals surface area contributed by atoms with Crippen LogP contribution >= 0.6 is 23.2 Å². The second-order valence-electron chi connectivity index (χ2n) is 5.04. The Labute approximate surface area is 147 Å². The second-order valence-corrected chi connectivity index (χ2v) is 5.86. The molecule has 0 aliphatic heterocycles. The summed E-state index contributed by atoms with van der Waals surface area (Å²) >= 11 is 12.3. The number of hydrogen-bond acceptors (Lipinski definition) is 4. The Hall–Kier alpha value is -2.28. The van der Waals surface area contributed by atoms with Gasteiger partial charge in [0, 0.05) is 6.54 Å². The summed E-state index contributed by atoms with van der Waals surface area (Å²) in [5, 5.41) is 22.3. The van der Waals surface area contributed by atoms with Crippen LogP contribution in [-0.4, -0.2) is 32.3 Å². The normalized spacial score (nSPS) is 11.0. The molecule has 0 saturated carbocycles. The first-order valence-electron chi connectivity index (χ1n) is 7.06. The van der Waals surface area contributed by atoms with Gasteiger partial charge < -0.3 is 20.1 Å². The molecule has 3 N–H and O–H groups in total. The lowest BCUT2D eigenvalue weighted by Crippen LogP contribution is -2.07. The van der Waals surface area contributed by atoms with Crippen LogP contribution in [0, 0.1) is 0 Å². The Bertz CT molecular complexity index is 904. The van der Waals surface area contributed by atoms with Gasteiger partial charge in [-0.25, -0.2) is 9.78 Å². The highest BCUT2D eigenvalue weighted by Gasteiger charge is 2.15. The van der Waals surface area contributed by atoms with Crippen LogP contribution in [0.4, 0.5) is 11.6 Å². The molecule has 3 rings (SSSR count). The molecule has 6 nitrogen and oxygen atoms in total. The maximum absolute atomic E-state index is 11.1. The molecule has 3 aromatic rings. The van der Waals surface area contributed by atoms with Gasteiger partial charge in [0.1, 0.15) is 0 Å². The molecule has 124 valence electrons. The first-order valence-corrected chi connectivity index (χ1v) is 7.82. The van der Waals surface area contributed by atoms with Gasteiger partial charge in [-0.3, -0.25) is 0 Å². The van der Waals surface area contributed by atoms with Gasteiger partial charge >= 0.3 is 5.97 Å². The molecule has 0 aliphatic carbocycles. The number of imidazole rings is 1. The van der Waals surface area contributed by atoms with E-state index in [4.69, 9.17) is 28.3 Å². The van der Waals surface area contributed by atoms with Gasteiger partial charge in [0.05, 0.1) is 38.9 Å². The average Bonchev–Trinajstić information content (AvgIpc) is 2.88. The van der Waals surface area contributed by atoms with E-state index in [9.17, 15) is 9.90 Å². The summed E-state index contributed by atoms with van der Waals surface area (Å²) in [5.74, 6) is -0.617. The number of anilines is 2. The van der Waals surface area contributed by atoms with Crippen molar-refractivity contribution in [2.24, 2.45) is 0 Å². The fourth-order valence-electron chi connectivity index (χ4n) is 2.41. The molecule has 0 saturated heterocycles. The molecule has 0 amide bonds. The molecule has 0 spiro atoms. The van der Waals surface area contributed by atoms with Crippen molar-refractivity contribution in [2.75, 3.05) is 11.9 Å². The molecule has 8 heteroatoms. The van der Waals surface area contributed by atoms with Crippen molar-refractivity contribution in [1.82, 2.24) is 9.55 Å². The smallest absolute Gasteiger partial charge is 0.335 e. The molecule has 0 atom stereocenters. The Morgan fingerprint density at radius 3 is 2.54 bits per heavy atom. The molecule has 0 radical (unpaired) electrons. The highest BCUT2D eigenvalue weighted by Crippen LogP contribution is 2.33. The molecular weight excluding hydrogens is 353 g/mol. The van der Waals surface area contributed by atoms with Gasteiger partial charge in [0.25, 0.3) is 0 Å². The Morgan fingerprint density at radius 2 is 1.92 bits per heavy atom. The van der Waals surface area contributed by atoms with E-state index in [0.29, 0.717) is 32.7 Å². The number of aromatic nitrogens is 2. The zero-order valence-corrected chi connectivity index (χ0v) is 13.8. The van der Waals surface area contributed by atoms with E-state index in [0.717, 1.165) is 0 Å². The van der Waals surface area contributed by atoms with Crippen molar-refractivity contribution in [2.45, 2.75) is 6.54 Å². The van der Waals surface area contributed by atoms with Crippen LogP contribution in [0.5, 0.6) is 0 Å². The third-order valence-corrected chi connectivity index (χ3v) is 4.15. The first kappa shape index (κ1) is 16.6. The van der Waals surface area contributed by atoms with Gasteiger partial charge in [-0.15, -0.1) is 0 Å². The number of hydrogen-bond donors (Lipinski definition) is 3. The van der Waals surface area contributed by atoms with Crippen LogP contribution in [0.1, 0.15) is 10.4 Å². The molecule has 24 heavy (non-hydrogen) atoms. The fourth-order valence-corrected chi connectivity index (χ4v) is 2.91. The third kappa shape index (κ3) is 3.03. The molecule has 0 fully saturated rings. The number of nitrogens with one attached hydrogen (secondary N) is 1. The number of benzene rings is 2. The lowest BCUT2D eigenvalue weighted by Gasteiger charge is -2.12. The number of fused-ring (bicyclic) bond motifs is 1. The second kappa shape index (κ2) is 6.68. The van der Waals surface area contributed by atoms with Crippen molar-refractivity contribution in [3.63, 3.8) is 0 Å². The molecule has 1 heterocycles. The van der Waals surface area contributed by atoms with Crippen LogP contribution < -0.4 is 5.32 Å². The quantitative estimate of drug-likeness (QED) is 0.640. The number of aliphatic hydroxyl groups excluding tert-OH is 1. The summed E-state index contributed by atoms with van der Waals surface area (Å²) in [5.41, 5.74) is 1.82.